The van der Waals surface area contributed by atoms with Gasteiger partial charge in [0.15, 0.2) is 0 Å². The molecule has 2 heteroatoms. The molecule has 0 saturated heterocycles. The van der Waals surface area contributed by atoms with E-state index >= 15 is 0 Å². The molecule has 0 amide bonds. The number of hydrogen-bond acceptors (Lipinski definition) is 1. The zero-order chi connectivity index (χ0) is 8.32. The van der Waals surface area contributed by atoms with Crippen molar-refractivity contribution in [2.75, 3.05) is 0 Å². The molecule has 1 aliphatic rings. The summed E-state index contributed by atoms with van der Waals surface area (Å²) in [6, 6.07) is 0. The van der Waals surface area contributed by atoms with Crippen molar-refractivity contribution in [1.82, 2.24) is 0 Å². The number of nitrogens with two attached hydrogens (primary N) is 1. The third-order valence-electron chi connectivity index (χ3n) is 3.48. The minimum atomic E-state index is -0.286. The van der Waals surface area contributed by atoms with Gasteiger partial charge in [-0.15, -0.1) is 0 Å². The molecule has 1 aliphatic carbocycles. The third kappa shape index (κ3) is 1.85. The molecule has 0 atom stereocenters. The van der Waals surface area contributed by atoms with E-state index in [4.69, 9.17) is 5.40 Å². The molecular formula is C9H21NSi. The van der Waals surface area contributed by atoms with Crippen molar-refractivity contribution in [3.8, 4) is 0 Å². The molecule has 0 bridgehead atoms. The average Bonchev–Trinajstić information content (AvgIpc) is 2.05. The number of rotatable bonds is 2. The lowest BCUT2D eigenvalue weighted by Crippen LogP contribution is -2.34. The third-order valence-corrected chi connectivity index (χ3v) is 5.82. The minimum Gasteiger partial charge on any atom is -0.355 e. The van der Waals surface area contributed by atoms with Crippen LogP contribution in [0.4, 0.5) is 0 Å². The van der Waals surface area contributed by atoms with Crippen LogP contribution >= 0.6 is 0 Å². The highest BCUT2D eigenvalue weighted by Crippen LogP contribution is 2.47. The van der Waals surface area contributed by atoms with E-state index in [1.165, 1.54) is 32.1 Å². The van der Waals surface area contributed by atoms with Crippen molar-refractivity contribution in [3.05, 3.63) is 0 Å². The SMILES string of the molecule is CC(C)C1([SiH2]N)CCCCC1. The molecule has 1 nitrogen and oxygen atoms in total. The molecule has 11 heavy (non-hydrogen) atoms. The lowest BCUT2D eigenvalue weighted by atomic mass is 9.80. The van der Waals surface area contributed by atoms with Gasteiger partial charge in [-0.05, 0) is 23.8 Å². The Kier molecular flexibility index (Phi) is 3.13. The summed E-state index contributed by atoms with van der Waals surface area (Å²) < 4.78 is 0. The van der Waals surface area contributed by atoms with Crippen LogP contribution in [0.3, 0.4) is 0 Å². The number of hydrogen-bond donors (Lipinski definition) is 1. The van der Waals surface area contributed by atoms with Crippen molar-refractivity contribution in [3.63, 3.8) is 0 Å². The van der Waals surface area contributed by atoms with Crippen molar-refractivity contribution in [2.45, 2.75) is 51.0 Å². The van der Waals surface area contributed by atoms with Crippen LogP contribution in [0.25, 0.3) is 0 Å². The molecule has 0 aliphatic heterocycles. The fourth-order valence-electron chi connectivity index (χ4n) is 2.27. The summed E-state index contributed by atoms with van der Waals surface area (Å²) in [7, 11) is -0.286. The van der Waals surface area contributed by atoms with Crippen molar-refractivity contribution in [1.29, 1.82) is 0 Å². The van der Waals surface area contributed by atoms with Gasteiger partial charge in [0.05, 0.1) is 9.68 Å². The first-order chi connectivity index (χ1) is 5.21. The van der Waals surface area contributed by atoms with Crippen LogP contribution < -0.4 is 5.40 Å². The molecule has 66 valence electrons. The van der Waals surface area contributed by atoms with Crippen molar-refractivity contribution >= 4 is 9.68 Å². The molecule has 1 saturated carbocycles. The lowest BCUT2D eigenvalue weighted by Gasteiger charge is -2.39. The van der Waals surface area contributed by atoms with Gasteiger partial charge in [0.2, 0.25) is 0 Å². The van der Waals surface area contributed by atoms with Crippen LogP contribution in [-0.4, -0.2) is 9.68 Å². The Morgan fingerprint density at radius 1 is 1.18 bits per heavy atom. The monoisotopic (exact) mass is 171 g/mol. The van der Waals surface area contributed by atoms with E-state index in [9.17, 15) is 0 Å². The first-order valence-corrected chi connectivity index (χ1v) is 6.44. The quantitative estimate of drug-likeness (QED) is 0.630. The Morgan fingerprint density at radius 3 is 2.00 bits per heavy atom. The normalized spacial score (nSPS) is 25.1. The molecule has 0 aromatic heterocycles. The Bertz CT molecular complexity index is 117. The second kappa shape index (κ2) is 3.72. The zero-order valence-electron chi connectivity index (χ0n) is 7.90. The van der Waals surface area contributed by atoms with Gasteiger partial charge in [0.1, 0.15) is 0 Å². The van der Waals surface area contributed by atoms with Crippen LogP contribution in [0.5, 0.6) is 0 Å². The summed E-state index contributed by atoms with van der Waals surface area (Å²) >= 11 is 0. The Labute approximate surface area is 72.6 Å². The molecule has 0 aromatic rings. The van der Waals surface area contributed by atoms with E-state index in [1.807, 2.05) is 0 Å². The highest BCUT2D eigenvalue weighted by Gasteiger charge is 2.33. The molecular weight excluding hydrogens is 150 g/mol. The topological polar surface area (TPSA) is 26.0 Å². The van der Waals surface area contributed by atoms with Crippen LogP contribution in [0.1, 0.15) is 46.0 Å². The molecule has 1 fully saturated rings. The molecule has 2 N–H and O–H groups in total. The fraction of sp³-hybridized carbons (Fsp3) is 1.00. The summed E-state index contributed by atoms with van der Waals surface area (Å²) in [6.45, 7) is 4.70. The molecule has 0 radical (unpaired) electrons. The van der Waals surface area contributed by atoms with Crippen LogP contribution in [-0.2, 0) is 0 Å². The predicted octanol–water partition coefficient (Wildman–Crippen LogP) is 1.81. The summed E-state index contributed by atoms with van der Waals surface area (Å²) in [6.07, 6.45) is 7.16. The van der Waals surface area contributed by atoms with Gasteiger partial charge in [-0.2, -0.15) is 0 Å². The molecule has 0 spiro atoms. The largest absolute Gasteiger partial charge is 0.355 e. The van der Waals surface area contributed by atoms with Gasteiger partial charge in [-0.1, -0.05) is 33.1 Å². The highest BCUT2D eigenvalue weighted by atomic mass is 28.2. The summed E-state index contributed by atoms with van der Waals surface area (Å²) in [4.78, 5) is 0. The van der Waals surface area contributed by atoms with Crippen molar-refractivity contribution < 1.29 is 0 Å². The second-order valence-corrected chi connectivity index (χ2v) is 6.10. The standard InChI is InChI=1S/C9H21NSi/c1-8(2)9(11-10)6-4-3-5-7-9/h8H,3-7,10-11H2,1-2H3. The molecule has 0 unspecified atom stereocenters. The van der Waals surface area contributed by atoms with E-state index in [0.717, 1.165) is 5.92 Å². The first-order valence-electron chi connectivity index (χ1n) is 4.91. The summed E-state index contributed by atoms with van der Waals surface area (Å²) in [5, 5.41) is 6.62. The van der Waals surface area contributed by atoms with Gasteiger partial charge >= 0.3 is 0 Å². The van der Waals surface area contributed by atoms with Gasteiger partial charge in [-0.25, -0.2) is 0 Å². The Hall–Kier alpha value is 0.177. The average molecular weight is 171 g/mol. The van der Waals surface area contributed by atoms with Crippen molar-refractivity contribution in [2.24, 2.45) is 11.3 Å². The molecule has 1 rings (SSSR count). The van der Waals surface area contributed by atoms with Gasteiger partial charge in [-0.3, -0.25) is 0 Å². The maximum Gasteiger partial charge on any atom is 0.0953 e. The van der Waals surface area contributed by atoms with E-state index in [-0.39, 0.29) is 9.68 Å². The molecule has 0 heterocycles. The maximum atomic E-state index is 5.98. The Morgan fingerprint density at radius 2 is 1.73 bits per heavy atom. The van der Waals surface area contributed by atoms with Gasteiger partial charge < -0.3 is 5.40 Å². The maximum absolute atomic E-state index is 5.98. The lowest BCUT2D eigenvalue weighted by molar-refractivity contribution is 0.295. The van der Waals surface area contributed by atoms with E-state index in [1.54, 1.807) is 0 Å². The van der Waals surface area contributed by atoms with Gasteiger partial charge in [0.25, 0.3) is 0 Å². The van der Waals surface area contributed by atoms with Crippen LogP contribution in [0, 0.1) is 5.92 Å². The van der Waals surface area contributed by atoms with E-state index < -0.39 is 0 Å². The van der Waals surface area contributed by atoms with Crippen LogP contribution in [0.2, 0.25) is 5.04 Å². The molecule has 0 aromatic carbocycles. The van der Waals surface area contributed by atoms with E-state index in [0.29, 0.717) is 5.04 Å². The highest BCUT2D eigenvalue weighted by molar-refractivity contribution is 6.36. The second-order valence-electron chi connectivity index (χ2n) is 4.28. The fourth-order valence-corrected chi connectivity index (χ4v) is 3.65. The minimum absolute atomic E-state index is 0.286. The zero-order valence-corrected chi connectivity index (χ0v) is 9.31. The van der Waals surface area contributed by atoms with Gasteiger partial charge in [0, 0.05) is 0 Å². The summed E-state index contributed by atoms with van der Waals surface area (Å²) in [5.74, 6) is 0.833. The summed E-state index contributed by atoms with van der Waals surface area (Å²) in [5.41, 5.74) is 0. The smallest absolute Gasteiger partial charge is 0.0953 e. The Balaban J connectivity index is 2.57. The van der Waals surface area contributed by atoms with Crippen LogP contribution in [0.15, 0.2) is 0 Å². The predicted molar refractivity (Wildman–Crippen MR) is 53.3 cm³/mol. The van der Waals surface area contributed by atoms with E-state index in [2.05, 4.69) is 13.8 Å². The first kappa shape index (κ1) is 9.27.